The molecule has 2 aromatic rings. The molecule has 0 unspecified atom stereocenters. The van der Waals surface area contributed by atoms with Crippen LogP contribution in [0, 0.1) is 5.82 Å². The zero-order chi connectivity index (χ0) is 18.6. The minimum atomic E-state index is -0.713. The minimum Gasteiger partial charge on any atom is -0.444 e. The van der Waals surface area contributed by atoms with Crippen LogP contribution >= 0.6 is 0 Å². The molecule has 8 heteroatoms. The van der Waals surface area contributed by atoms with Gasteiger partial charge in [0.1, 0.15) is 17.5 Å². The van der Waals surface area contributed by atoms with Gasteiger partial charge in [0, 0.05) is 12.7 Å². The van der Waals surface area contributed by atoms with Gasteiger partial charge in [0.2, 0.25) is 5.82 Å². The Balaban J connectivity index is 2.23. The Morgan fingerprint density at radius 2 is 2.08 bits per heavy atom. The van der Waals surface area contributed by atoms with Crippen molar-refractivity contribution >= 4 is 6.09 Å². The number of ether oxygens (including phenoxy) is 2. The first kappa shape index (κ1) is 18.9. The fourth-order valence-electron chi connectivity index (χ4n) is 2.06. The van der Waals surface area contributed by atoms with Crippen LogP contribution in [-0.4, -0.2) is 35.0 Å². The van der Waals surface area contributed by atoms with Gasteiger partial charge in [0.05, 0.1) is 6.10 Å². The second kappa shape index (κ2) is 7.60. The van der Waals surface area contributed by atoms with Gasteiger partial charge >= 0.3 is 6.09 Å². The molecule has 2 atom stereocenters. The van der Waals surface area contributed by atoms with Gasteiger partial charge in [0.15, 0.2) is 0 Å². The average molecular weight is 351 g/mol. The molecule has 0 bridgehead atoms. The maximum absolute atomic E-state index is 13.4. The van der Waals surface area contributed by atoms with Crippen LogP contribution in [0.5, 0.6) is 0 Å². The highest BCUT2D eigenvalue weighted by Crippen LogP contribution is 2.23. The lowest BCUT2D eigenvalue weighted by molar-refractivity contribution is 0.0325. The number of hydrogen-bond acceptors (Lipinski definition) is 6. The summed E-state index contributed by atoms with van der Waals surface area (Å²) in [5.74, 6) is -0.0502. The van der Waals surface area contributed by atoms with Gasteiger partial charge in [-0.3, -0.25) is 0 Å². The first-order valence-corrected chi connectivity index (χ1v) is 7.81. The molecule has 0 fully saturated rings. The molecule has 1 aromatic heterocycles. The summed E-state index contributed by atoms with van der Waals surface area (Å²) in [4.78, 5) is 16.3. The molecular formula is C17H22FN3O4. The summed E-state index contributed by atoms with van der Waals surface area (Å²) >= 11 is 0. The quantitative estimate of drug-likeness (QED) is 0.887. The van der Waals surface area contributed by atoms with Crippen molar-refractivity contribution in [2.45, 2.75) is 45.4 Å². The molecule has 0 spiro atoms. The van der Waals surface area contributed by atoms with Crippen molar-refractivity contribution in [3.8, 4) is 11.4 Å². The van der Waals surface area contributed by atoms with E-state index in [0.717, 1.165) is 0 Å². The number of nitrogens with one attached hydrogen (secondary N) is 1. The highest BCUT2D eigenvalue weighted by Gasteiger charge is 2.29. The minimum absolute atomic E-state index is 0.138. The topological polar surface area (TPSA) is 86.5 Å². The number of benzene rings is 1. The number of carbonyl (C=O) groups excluding carboxylic acids is 1. The Morgan fingerprint density at radius 1 is 1.36 bits per heavy atom. The number of methoxy groups -OCH3 is 1. The van der Waals surface area contributed by atoms with Crippen LogP contribution in [0.25, 0.3) is 11.4 Å². The Kier molecular flexibility index (Phi) is 5.73. The van der Waals surface area contributed by atoms with Crippen LogP contribution in [0.4, 0.5) is 9.18 Å². The van der Waals surface area contributed by atoms with Crippen LogP contribution in [0.15, 0.2) is 28.8 Å². The SMILES string of the molecule is CO[C@@H](C)[C@H](NC(=O)OC(C)(C)C)c1nc(-c2cccc(F)c2)no1. The van der Waals surface area contributed by atoms with Crippen molar-refractivity contribution < 1.29 is 23.2 Å². The van der Waals surface area contributed by atoms with E-state index in [2.05, 4.69) is 15.5 Å². The molecule has 2 rings (SSSR count). The summed E-state index contributed by atoms with van der Waals surface area (Å²) in [7, 11) is 1.50. The summed E-state index contributed by atoms with van der Waals surface area (Å²) in [6, 6.07) is 5.12. The third-order valence-electron chi connectivity index (χ3n) is 3.30. The van der Waals surface area contributed by atoms with E-state index in [1.165, 1.54) is 19.2 Å². The molecule has 0 radical (unpaired) electrons. The summed E-state index contributed by atoms with van der Waals surface area (Å²) in [6.07, 6.45) is -1.08. The molecule has 136 valence electrons. The maximum Gasteiger partial charge on any atom is 0.408 e. The van der Waals surface area contributed by atoms with Crippen molar-refractivity contribution in [3.05, 3.63) is 36.0 Å². The van der Waals surface area contributed by atoms with E-state index in [-0.39, 0.29) is 11.7 Å². The Bertz CT molecular complexity index is 727. The van der Waals surface area contributed by atoms with Crippen molar-refractivity contribution in [1.82, 2.24) is 15.5 Å². The zero-order valence-corrected chi connectivity index (χ0v) is 14.9. The molecule has 1 N–H and O–H groups in total. The molecule has 0 saturated carbocycles. The lowest BCUT2D eigenvalue weighted by Gasteiger charge is -2.24. The molecule has 0 aliphatic carbocycles. The Labute approximate surface area is 145 Å². The standard InChI is InChI=1S/C17H22FN3O4/c1-10(23-5)13(19-16(22)24-17(2,3)4)15-20-14(21-25-15)11-7-6-8-12(18)9-11/h6-10,13H,1-5H3,(H,19,22)/t10-,13-/m0/s1. The molecule has 0 aliphatic heterocycles. The zero-order valence-electron chi connectivity index (χ0n) is 14.9. The van der Waals surface area contributed by atoms with Gasteiger partial charge in [-0.05, 0) is 39.8 Å². The number of amides is 1. The monoisotopic (exact) mass is 351 g/mol. The van der Waals surface area contributed by atoms with E-state index >= 15 is 0 Å². The summed E-state index contributed by atoms with van der Waals surface area (Å²) in [5, 5.41) is 6.51. The summed E-state index contributed by atoms with van der Waals surface area (Å²) in [6.45, 7) is 7.02. The summed E-state index contributed by atoms with van der Waals surface area (Å²) < 4.78 is 29.1. The molecular weight excluding hydrogens is 329 g/mol. The van der Waals surface area contributed by atoms with Gasteiger partial charge in [-0.2, -0.15) is 4.98 Å². The Morgan fingerprint density at radius 3 is 2.68 bits per heavy atom. The Hall–Kier alpha value is -2.48. The van der Waals surface area contributed by atoms with E-state index in [0.29, 0.717) is 5.56 Å². The molecule has 7 nitrogen and oxygen atoms in total. The van der Waals surface area contributed by atoms with Crippen molar-refractivity contribution in [2.24, 2.45) is 0 Å². The lowest BCUT2D eigenvalue weighted by Crippen LogP contribution is -2.39. The van der Waals surface area contributed by atoms with Gasteiger partial charge in [-0.25, -0.2) is 9.18 Å². The summed E-state index contributed by atoms with van der Waals surface area (Å²) in [5.41, 5.74) is -0.178. The molecule has 1 aromatic carbocycles. The lowest BCUT2D eigenvalue weighted by atomic mass is 10.1. The molecule has 1 heterocycles. The number of rotatable bonds is 5. The first-order chi connectivity index (χ1) is 11.7. The second-order valence-corrected chi connectivity index (χ2v) is 6.53. The van der Waals surface area contributed by atoms with Crippen molar-refractivity contribution in [2.75, 3.05) is 7.11 Å². The van der Waals surface area contributed by atoms with Crippen LogP contribution < -0.4 is 5.32 Å². The first-order valence-electron chi connectivity index (χ1n) is 7.81. The van der Waals surface area contributed by atoms with E-state index < -0.39 is 29.7 Å². The molecule has 0 aliphatic rings. The molecule has 1 amide bonds. The predicted octanol–water partition coefficient (Wildman–Crippen LogP) is 3.48. The van der Waals surface area contributed by atoms with Gasteiger partial charge in [-0.15, -0.1) is 0 Å². The van der Waals surface area contributed by atoms with E-state index in [1.54, 1.807) is 39.8 Å². The maximum atomic E-state index is 13.4. The van der Waals surface area contributed by atoms with Gasteiger partial charge in [-0.1, -0.05) is 17.3 Å². The van der Waals surface area contributed by atoms with E-state index in [1.807, 2.05) is 0 Å². The fraction of sp³-hybridized carbons (Fsp3) is 0.471. The van der Waals surface area contributed by atoms with Crippen LogP contribution in [-0.2, 0) is 9.47 Å². The highest BCUT2D eigenvalue weighted by molar-refractivity contribution is 5.68. The smallest absolute Gasteiger partial charge is 0.408 e. The number of hydrogen-bond donors (Lipinski definition) is 1. The number of nitrogens with zero attached hydrogens (tertiary/aromatic N) is 2. The number of aromatic nitrogens is 2. The number of alkyl carbamates (subject to hydrolysis) is 1. The largest absolute Gasteiger partial charge is 0.444 e. The highest BCUT2D eigenvalue weighted by atomic mass is 19.1. The van der Waals surface area contributed by atoms with Crippen LogP contribution in [0.2, 0.25) is 0 Å². The number of halogens is 1. The van der Waals surface area contributed by atoms with Crippen LogP contribution in [0.1, 0.15) is 39.6 Å². The molecule has 0 saturated heterocycles. The van der Waals surface area contributed by atoms with Crippen LogP contribution in [0.3, 0.4) is 0 Å². The molecule has 25 heavy (non-hydrogen) atoms. The fourth-order valence-corrected chi connectivity index (χ4v) is 2.06. The van der Waals surface area contributed by atoms with Gasteiger partial charge in [0.25, 0.3) is 5.89 Å². The number of carbonyl (C=O) groups is 1. The predicted molar refractivity (Wildman–Crippen MR) is 88.3 cm³/mol. The van der Waals surface area contributed by atoms with Crippen molar-refractivity contribution in [1.29, 1.82) is 0 Å². The van der Waals surface area contributed by atoms with Gasteiger partial charge < -0.3 is 19.3 Å². The van der Waals surface area contributed by atoms with Crippen molar-refractivity contribution in [3.63, 3.8) is 0 Å². The normalized spacial score (nSPS) is 14.0. The third-order valence-corrected chi connectivity index (χ3v) is 3.30. The van der Waals surface area contributed by atoms with E-state index in [4.69, 9.17) is 14.0 Å². The second-order valence-electron chi connectivity index (χ2n) is 6.53. The third kappa shape index (κ3) is 5.25. The average Bonchev–Trinajstić information content (AvgIpc) is 3.00. The van der Waals surface area contributed by atoms with E-state index in [9.17, 15) is 9.18 Å².